The Morgan fingerprint density at radius 1 is 0.920 bits per heavy atom. The van der Waals surface area contributed by atoms with Crippen LogP contribution in [0.4, 0.5) is 0 Å². The van der Waals surface area contributed by atoms with E-state index in [1.807, 2.05) is 60.7 Å². The molecular formula is C21H22N2O2. The average Bonchev–Trinajstić information content (AvgIpc) is 3.18. The molecule has 4 heteroatoms. The van der Waals surface area contributed by atoms with E-state index in [4.69, 9.17) is 4.42 Å². The van der Waals surface area contributed by atoms with Crippen LogP contribution in [-0.2, 0) is 11.2 Å². The molecule has 0 fully saturated rings. The van der Waals surface area contributed by atoms with E-state index in [0.29, 0.717) is 6.54 Å². The zero-order chi connectivity index (χ0) is 17.3. The fraction of sp³-hybridized carbons (Fsp3) is 0.190. The molecule has 0 bridgehead atoms. The lowest BCUT2D eigenvalue weighted by Gasteiger charge is -2.17. The van der Waals surface area contributed by atoms with Crippen LogP contribution in [0.25, 0.3) is 0 Å². The van der Waals surface area contributed by atoms with Gasteiger partial charge < -0.3 is 9.73 Å². The highest BCUT2D eigenvalue weighted by atomic mass is 16.3. The van der Waals surface area contributed by atoms with Gasteiger partial charge in [-0.25, -0.2) is 0 Å². The predicted molar refractivity (Wildman–Crippen MR) is 98.2 cm³/mol. The SMILES string of the molecule is O=C(CN[C@H](c1ccccc1)c1ccco1)NCCc1ccccc1. The molecule has 1 atom stereocenters. The van der Waals surface area contributed by atoms with Crippen molar-refractivity contribution in [1.29, 1.82) is 0 Å². The molecule has 0 aliphatic carbocycles. The zero-order valence-corrected chi connectivity index (χ0v) is 14.0. The molecule has 0 unspecified atom stereocenters. The van der Waals surface area contributed by atoms with Crippen molar-refractivity contribution in [3.63, 3.8) is 0 Å². The number of hydrogen-bond acceptors (Lipinski definition) is 3. The summed E-state index contributed by atoms with van der Waals surface area (Å²) in [5, 5.41) is 6.23. The summed E-state index contributed by atoms with van der Waals surface area (Å²) in [6, 6.07) is 23.7. The largest absolute Gasteiger partial charge is 0.467 e. The van der Waals surface area contributed by atoms with Gasteiger partial charge in [-0.15, -0.1) is 0 Å². The van der Waals surface area contributed by atoms with Crippen LogP contribution >= 0.6 is 0 Å². The van der Waals surface area contributed by atoms with Gasteiger partial charge in [-0.05, 0) is 29.7 Å². The lowest BCUT2D eigenvalue weighted by molar-refractivity contribution is -0.120. The molecule has 0 aliphatic heterocycles. The normalized spacial score (nSPS) is 11.8. The van der Waals surface area contributed by atoms with Crippen molar-refractivity contribution in [2.45, 2.75) is 12.5 Å². The number of nitrogens with one attached hydrogen (secondary N) is 2. The molecule has 1 amide bonds. The molecule has 128 valence electrons. The summed E-state index contributed by atoms with van der Waals surface area (Å²) in [6.07, 6.45) is 2.47. The Hall–Kier alpha value is -2.85. The van der Waals surface area contributed by atoms with Gasteiger partial charge in [-0.2, -0.15) is 0 Å². The predicted octanol–water partition coefficient (Wildman–Crippen LogP) is 3.32. The number of amides is 1. The smallest absolute Gasteiger partial charge is 0.233 e. The fourth-order valence-electron chi connectivity index (χ4n) is 2.73. The first-order valence-corrected chi connectivity index (χ1v) is 8.45. The highest BCUT2D eigenvalue weighted by Gasteiger charge is 2.17. The molecule has 3 rings (SSSR count). The van der Waals surface area contributed by atoms with Crippen LogP contribution in [0.2, 0.25) is 0 Å². The van der Waals surface area contributed by atoms with Crippen molar-refractivity contribution in [3.8, 4) is 0 Å². The van der Waals surface area contributed by atoms with Crippen LogP contribution < -0.4 is 10.6 Å². The van der Waals surface area contributed by atoms with Crippen molar-refractivity contribution >= 4 is 5.91 Å². The van der Waals surface area contributed by atoms with E-state index >= 15 is 0 Å². The van der Waals surface area contributed by atoms with Crippen LogP contribution in [0.1, 0.15) is 22.9 Å². The Kier molecular flexibility index (Phi) is 6.01. The highest BCUT2D eigenvalue weighted by Crippen LogP contribution is 2.21. The summed E-state index contributed by atoms with van der Waals surface area (Å²) in [6.45, 7) is 0.857. The molecule has 4 nitrogen and oxygen atoms in total. The maximum absolute atomic E-state index is 12.1. The minimum absolute atomic E-state index is 0.0246. The van der Waals surface area contributed by atoms with Gasteiger partial charge in [0.2, 0.25) is 5.91 Å². The van der Waals surface area contributed by atoms with Gasteiger partial charge >= 0.3 is 0 Å². The van der Waals surface area contributed by atoms with Gasteiger partial charge in [-0.1, -0.05) is 60.7 Å². The van der Waals surface area contributed by atoms with Gasteiger partial charge in [0.15, 0.2) is 0 Å². The third-order valence-electron chi connectivity index (χ3n) is 4.01. The van der Waals surface area contributed by atoms with Crippen molar-refractivity contribution in [2.75, 3.05) is 13.1 Å². The lowest BCUT2D eigenvalue weighted by atomic mass is 10.0. The lowest BCUT2D eigenvalue weighted by Crippen LogP contribution is -2.36. The van der Waals surface area contributed by atoms with Crippen molar-refractivity contribution in [1.82, 2.24) is 10.6 Å². The third-order valence-corrected chi connectivity index (χ3v) is 4.01. The van der Waals surface area contributed by atoms with E-state index in [-0.39, 0.29) is 18.5 Å². The summed E-state index contributed by atoms with van der Waals surface area (Å²) >= 11 is 0. The summed E-state index contributed by atoms with van der Waals surface area (Å²) in [5.74, 6) is 0.770. The van der Waals surface area contributed by atoms with E-state index in [0.717, 1.165) is 17.7 Å². The fourth-order valence-corrected chi connectivity index (χ4v) is 2.73. The van der Waals surface area contributed by atoms with Crippen molar-refractivity contribution < 1.29 is 9.21 Å². The van der Waals surface area contributed by atoms with E-state index in [1.54, 1.807) is 6.26 Å². The van der Waals surface area contributed by atoms with Crippen LogP contribution in [-0.4, -0.2) is 19.0 Å². The topological polar surface area (TPSA) is 54.3 Å². The van der Waals surface area contributed by atoms with Gasteiger partial charge in [0.05, 0.1) is 18.8 Å². The minimum Gasteiger partial charge on any atom is -0.467 e. The second-order valence-corrected chi connectivity index (χ2v) is 5.83. The van der Waals surface area contributed by atoms with Gasteiger partial charge in [-0.3, -0.25) is 10.1 Å². The minimum atomic E-state index is -0.143. The van der Waals surface area contributed by atoms with Gasteiger partial charge in [0.25, 0.3) is 0 Å². The van der Waals surface area contributed by atoms with Gasteiger partial charge in [0.1, 0.15) is 5.76 Å². The number of furan rings is 1. The molecule has 0 aliphatic rings. The summed E-state index contributed by atoms with van der Waals surface area (Å²) in [5.41, 5.74) is 2.28. The maximum Gasteiger partial charge on any atom is 0.233 e. The van der Waals surface area contributed by atoms with Crippen LogP contribution in [0.15, 0.2) is 83.5 Å². The average molecular weight is 334 g/mol. The van der Waals surface area contributed by atoms with Crippen molar-refractivity contribution in [3.05, 3.63) is 95.9 Å². The standard InChI is InChI=1S/C21H22N2O2/c24-20(22-14-13-17-8-3-1-4-9-17)16-23-21(19-12-7-15-25-19)18-10-5-2-6-11-18/h1-12,15,21,23H,13-14,16H2,(H,22,24)/t21-/m1/s1. The number of rotatable bonds is 8. The molecule has 3 aromatic rings. The monoisotopic (exact) mass is 334 g/mol. The Bertz CT molecular complexity index is 755. The number of benzene rings is 2. The van der Waals surface area contributed by atoms with Crippen molar-refractivity contribution in [2.24, 2.45) is 0 Å². The second kappa shape index (κ2) is 8.85. The second-order valence-electron chi connectivity index (χ2n) is 5.83. The third kappa shape index (κ3) is 5.06. The first-order valence-electron chi connectivity index (χ1n) is 8.45. The molecule has 1 aromatic heterocycles. The molecule has 0 spiro atoms. The summed E-state index contributed by atoms with van der Waals surface area (Å²) in [4.78, 5) is 12.1. The quantitative estimate of drug-likeness (QED) is 0.664. The first-order chi connectivity index (χ1) is 12.3. The maximum atomic E-state index is 12.1. The molecule has 2 aromatic carbocycles. The highest BCUT2D eigenvalue weighted by molar-refractivity contribution is 5.78. The first kappa shape index (κ1) is 17.0. The Labute approximate surface area is 147 Å². The summed E-state index contributed by atoms with van der Waals surface area (Å²) in [7, 11) is 0. The van der Waals surface area contributed by atoms with E-state index < -0.39 is 0 Å². The number of carbonyl (C=O) groups is 1. The molecule has 0 saturated carbocycles. The summed E-state index contributed by atoms with van der Waals surface area (Å²) < 4.78 is 5.53. The number of hydrogen-bond donors (Lipinski definition) is 2. The van der Waals surface area contributed by atoms with Gasteiger partial charge in [0, 0.05) is 6.54 Å². The Balaban J connectivity index is 1.52. The van der Waals surface area contributed by atoms with Crippen LogP contribution in [0.5, 0.6) is 0 Å². The molecule has 0 radical (unpaired) electrons. The van der Waals surface area contributed by atoms with E-state index in [1.165, 1.54) is 5.56 Å². The number of carbonyl (C=O) groups excluding carboxylic acids is 1. The molecule has 1 heterocycles. The zero-order valence-electron chi connectivity index (χ0n) is 14.0. The van der Waals surface area contributed by atoms with Crippen LogP contribution in [0, 0.1) is 0 Å². The molecule has 25 heavy (non-hydrogen) atoms. The Morgan fingerprint density at radius 3 is 2.32 bits per heavy atom. The molecular weight excluding hydrogens is 312 g/mol. The van der Waals surface area contributed by atoms with E-state index in [9.17, 15) is 4.79 Å². The Morgan fingerprint density at radius 2 is 1.64 bits per heavy atom. The molecule has 2 N–H and O–H groups in total. The molecule has 0 saturated heterocycles. The van der Waals surface area contributed by atoms with Crippen LogP contribution in [0.3, 0.4) is 0 Å². The van der Waals surface area contributed by atoms with E-state index in [2.05, 4.69) is 22.8 Å².